The Morgan fingerprint density at radius 3 is 2.32 bits per heavy atom. The van der Waals surface area contributed by atoms with Gasteiger partial charge < -0.3 is 9.64 Å². The maximum Gasteiger partial charge on any atom is 0.250 e. The molecule has 2 atom stereocenters. The van der Waals surface area contributed by atoms with E-state index in [1.54, 1.807) is 7.11 Å². The molecule has 1 amide bonds. The van der Waals surface area contributed by atoms with E-state index in [2.05, 4.69) is 46.4 Å². The van der Waals surface area contributed by atoms with E-state index in [0.717, 1.165) is 43.4 Å². The second-order valence-electron chi connectivity index (χ2n) is 9.05. The summed E-state index contributed by atoms with van der Waals surface area (Å²) in [7, 11) is 1.73. The molecule has 0 aromatic heterocycles. The van der Waals surface area contributed by atoms with E-state index in [1.807, 2.05) is 12.2 Å². The highest BCUT2D eigenvalue weighted by atomic mass is 16.5. The Hall–Kier alpha value is -1.25. The van der Waals surface area contributed by atoms with Crippen molar-refractivity contribution in [3.05, 3.63) is 23.5 Å². The Morgan fingerprint density at radius 2 is 1.80 bits per heavy atom. The van der Waals surface area contributed by atoms with Crippen LogP contribution in [0.25, 0.3) is 0 Å². The third kappa shape index (κ3) is 3.96. The zero-order valence-electron chi connectivity index (χ0n) is 17.3. The first kappa shape index (κ1) is 20.1. The topological polar surface area (TPSA) is 29.5 Å². The normalized spacial score (nSPS) is 28.2. The third-order valence-electron chi connectivity index (χ3n) is 6.22. The number of ether oxygens (including phenoxy) is 1. The quantitative estimate of drug-likeness (QED) is 0.660. The molecule has 25 heavy (non-hydrogen) atoms. The van der Waals surface area contributed by atoms with Crippen molar-refractivity contribution in [1.82, 2.24) is 4.90 Å². The number of likely N-dealkylation sites (tertiary alicyclic amines) is 1. The van der Waals surface area contributed by atoms with Gasteiger partial charge in [0.15, 0.2) is 0 Å². The number of carbonyl (C=O) groups excluding carboxylic acids is 1. The fourth-order valence-corrected chi connectivity index (χ4v) is 4.90. The molecule has 1 fully saturated rings. The summed E-state index contributed by atoms with van der Waals surface area (Å²) in [5.41, 5.74) is 0.789. The molecule has 142 valence electrons. The summed E-state index contributed by atoms with van der Waals surface area (Å²) < 4.78 is 5.56. The lowest BCUT2D eigenvalue weighted by molar-refractivity contribution is -0.145. The molecule has 1 saturated heterocycles. The Kier molecular flexibility index (Phi) is 6.06. The van der Waals surface area contributed by atoms with Crippen LogP contribution in [-0.4, -0.2) is 29.0 Å². The maximum absolute atomic E-state index is 13.7. The van der Waals surface area contributed by atoms with Gasteiger partial charge in [-0.1, -0.05) is 26.7 Å². The Morgan fingerprint density at radius 1 is 1.20 bits per heavy atom. The zero-order valence-corrected chi connectivity index (χ0v) is 17.3. The summed E-state index contributed by atoms with van der Waals surface area (Å²) in [5, 5.41) is 0. The predicted octanol–water partition coefficient (Wildman–Crippen LogP) is 5.47. The minimum absolute atomic E-state index is 0.0938. The van der Waals surface area contributed by atoms with Gasteiger partial charge in [-0.05, 0) is 71.4 Å². The van der Waals surface area contributed by atoms with E-state index in [1.165, 1.54) is 6.42 Å². The first-order valence-corrected chi connectivity index (χ1v) is 9.96. The lowest BCUT2D eigenvalue weighted by Gasteiger charge is -2.53. The lowest BCUT2D eigenvalue weighted by Crippen LogP contribution is -2.61. The van der Waals surface area contributed by atoms with Gasteiger partial charge in [0.25, 0.3) is 5.91 Å². The van der Waals surface area contributed by atoms with Gasteiger partial charge in [0, 0.05) is 22.6 Å². The SMILES string of the molecule is CCCC[C@@H]1C(C(=O)N2C(C)(C)CCCC2(C)C)=CC=C(OC)[C@H]1C. The van der Waals surface area contributed by atoms with Crippen molar-refractivity contribution in [2.24, 2.45) is 11.8 Å². The van der Waals surface area contributed by atoms with Crippen molar-refractivity contribution in [3.8, 4) is 0 Å². The maximum atomic E-state index is 13.7. The molecule has 2 aliphatic rings. The molecular weight excluding hydrogens is 310 g/mol. The highest BCUT2D eigenvalue weighted by Gasteiger charge is 2.46. The van der Waals surface area contributed by atoms with Gasteiger partial charge in [-0.15, -0.1) is 0 Å². The van der Waals surface area contributed by atoms with Crippen LogP contribution in [0.5, 0.6) is 0 Å². The number of rotatable bonds is 5. The second kappa shape index (κ2) is 7.55. The minimum Gasteiger partial charge on any atom is -0.501 e. The van der Waals surface area contributed by atoms with E-state index in [4.69, 9.17) is 4.74 Å². The predicted molar refractivity (Wildman–Crippen MR) is 104 cm³/mol. The molecule has 0 bridgehead atoms. The molecule has 0 spiro atoms. The number of hydrogen-bond acceptors (Lipinski definition) is 2. The van der Waals surface area contributed by atoms with Gasteiger partial charge in [-0.2, -0.15) is 0 Å². The largest absolute Gasteiger partial charge is 0.501 e. The highest BCUT2D eigenvalue weighted by Crippen LogP contribution is 2.42. The van der Waals surface area contributed by atoms with Gasteiger partial charge in [-0.3, -0.25) is 4.79 Å². The van der Waals surface area contributed by atoms with Crippen LogP contribution in [-0.2, 0) is 9.53 Å². The average Bonchev–Trinajstić information content (AvgIpc) is 2.51. The molecular formula is C22H37NO2. The van der Waals surface area contributed by atoms with E-state index < -0.39 is 0 Å². The smallest absolute Gasteiger partial charge is 0.250 e. The van der Waals surface area contributed by atoms with Crippen LogP contribution in [0.15, 0.2) is 23.5 Å². The van der Waals surface area contributed by atoms with Crippen LogP contribution in [0.2, 0.25) is 0 Å². The highest BCUT2D eigenvalue weighted by molar-refractivity contribution is 5.95. The van der Waals surface area contributed by atoms with E-state index >= 15 is 0 Å². The van der Waals surface area contributed by atoms with Crippen molar-refractivity contribution >= 4 is 5.91 Å². The van der Waals surface area contributed by atoms with Crippen molar-refractivity contribution < 1.29 is 9.53 Å². The standard InChI is InChI=1S/C22H37NO2/c1-8-9-11-17-16(2)19(25-7)13-12-18(17)20(24)23-21(3,4)14-10-15-22(23,5)6/h12-13,16-17H,8-11,14-15H2,1-7H3/t16-,17-/m0/s1. The summed E-state index contributed by atoms with van der Waals surface area (Å²) >= 11 is 0. The fraction of sp³-hybridized carbons (Fsp3) is 0.773. The molecule has 0 aromatic carbocycles. The van der Waals surface area contributed by atoms with E-state index in [-0.39, 0.29) is 28.8 Å². The van der Waals surface area contributed by atoms with Crippen LogP contribution in [0.4, 0.5) is 0 Å². The van der Waals surface area contributed by atoms with E-state index in [0.29, 0.717) is 0 Å². The van der Waals surface area contributed by atoms with Gasteiger partial charge in [-0.25, -0.2) is 0 Å². The number of methoxy groups -OCH3 is 1. The summed E-state index contributed by atoms with van der Waals surface area (Å²) in [6.45, 7) is 13.3. The average molecular weight is 348 g/mol. The number of amides is 1. The molecule has 0 unspecified atom stereocenters. The molecule has 0 N–H and O–H groups in total. The number of carbonyl (C=O) groups is 1. The van der Waals surface area contributed by atoms with Crippen LogP contribution in [0, 0.1) is 11.8 Å². The molecule has 1 heterocycles. The summed E-state index contributed by atoms with van der Waals surface area (Å²) in [6.07, 6.45) is 10.7. The molecule has 3 heteroatoms. The second-order valence-corrected chi connectivity index (χ2v) is 9.05. The van der Waals surface area contributed by atoms with Crippen molar-refractivity contribution in [1.29, 1.82) is 0 Å². The molecule has 1 aliphatic carbocycles. The van der Waals surface area contributed by atoms with E-state index in [9.17, 15) is 4.79 Å². The molecule has 0 radical (unpaired) electrons. The number of allylic oxidation sites excluding steroid dienone is 3. The number of unbranched alkanes of at least 4 members (excludes halogenated alkanes) is 1. The number of hydrogen-bond donors (Lipinski definition) is 0. The van der Waals surface area contributed by atoms with Crippen molar-refractivity contribution in [3.63, 3.8) is 0 Å². The van der Waals surface area contributed by atoms with Crippen LogP contribution in [0.3, 0.4) is 0 Å². The van der Waals surface area contributed by atoms with Crippen LogP contribution < -0.4 is 0 Å². The van der Waals surface area contributed by atoms with Crippen LogP contribution >= 0.6 is 0 Å². The molecule has 2 rings (SSSR count). The summed E-state index contributed by atoms with van der Waals surface area (Å²) in [4.78, 5) is 15.9. The fourth-order valence-electron chi connectivity index (χ4n) is 4.90. The van der Waals surface area contributed by atoms with Gasteiger partial charge in [0.2, 0.25) is 0 Å². The van der Waals surface area contributed by atoms with Crippen molar-refractivity contribution in [2.75, 3.05) is 7.11 Å². The molecule has 0 saturated carbocycles. The summed E-state index contributed by atoms with van der Waals surface area (Å²) in [5.74, 6) is 1.74. The molecule has 0 aromatic rings. The first-order chi connectivity index (χ1) is 11.7. The van der Waals surface area contributed by atoms with Gasteiger partial charge >= 0.3 is 0 Å². The lowest BCUT2D eigenvalue weighted by atomic mass is 9.75. The number of nitrogens with zero attached hydrogens (tertiary/aromatic N) is 1. The van der Waals surface area contributed by atoms with Gasteiger partial charge in [0.05, 0.1) is 12.9 Å². The third-order valence-corrected chi connectivity index (χ3v) is 6.22. The Labute approximate surface area is 154 Å². The zero-order chi connectivity index (χ0) is 18.8. The number of piperidine rings is 1. The Balaban J connectivity index is 2.39. The summed E-state index contributed by atoms with van der Waals surface area (Å²) in [6, 6.07) is 0. The first-order valence-electron chi connectivity index (χ1n) is 9.96. The minimum atomic E-state index is -0.0938. The molecule has 3 nitrogen and oxygen atoms in total. The van der Waals surface area contributed by atoms with Crippen molar-refractivity contribution in [2.45, 2.75) is 91.1 Å². The van der Waals surface area contributed by atoms with Crippen LogP contribution in [0.1, 0.15) is 80.1 Å². The van der Waals surface area contributed by atoms with Gasteiger partial charge in [0.1, 0.15) is 0 Å². The molecule has 1 aliphatic heterocycles. The monoisotopic (exact) mass is 347 g/mol. The Bertz CT molecular complexity index is 540.